The number of rotatable bonds is 6. The fraction of sp³-hybridized carbons (Fsp3) is 0.600. The van der Waals surface area contributed by atoms with Gasteiger partial charge in [0.2, 0.25) is 11.8 Å². The molecule has 2 heterocycles. The van der Waals surface area contributed by atoms with Crippen molar-refractivity contribution in [3.8, 4) is 0 Å². The van der Waals surface area contributed by atoms with Crippen LogP contribution in [0.5, 0.6) is 0 Å². The molecule has 136 valence electrons. The molecule has 1 atom stereocenters. The van der Waals surface area contributed by atoms with Gasteiger partial charge in [-0.25, -0.2) is 0 Å². The van der Waals surface area contributed by atoms with Gasteiger partial charge in [0.25, 0.3) is 0 Å². The molecular formula is C20H29N3O2. The molecule has 0 spiro atoms. The van der Waals surface area contributed by atoms with Gasteiger partial charge >= 0.3 is 0 Å². The van der Waals surface area contributed by atoms with E-state index in [0.717, 1.165) is 31.6 Å². The van der Waals surface area contributed by atoms with Crippen LogP contribution in [0, 0.1) is 0 Å². The van der Waals surface area contributed by atoms with E-state index in [9.17, 15) is 9.59 Å². The SMILES string of the molecule is O=C(Cc1ccccc1)NCCN1CCC(N2CCCCCC2)C1=O. The van der Waals surface area contributed by atoms with Crippen molar-refractivity contribution in [3.05, 3.63) is 35.9 Å². The van der Waals surface area contributed by atoms with E-state index in [1.54, 1.807) is 0 Å². The fourth-order valence-electron chi connectivity index (χ4n) is 3.86. The minimum absolute atomic E-state index is 0.0157. The van der Waals surface area contributed by atoms with Crippen molar-refractivity contribution in [2.45, 2.75) is 44.6 Å². The first-order valence-electron chi connectivity index (χ1n) is 9.57. The number of hydrogen-bond acceptors (Lipinski definition) is 3. The van der Waals surface area contributed by atoms with Crippen molar-refractivity contribution in [2.24, 2.45) is 0 Å². The molecule has 0 radical (unpaired) electrons. The van der Waals surface area contributed by atoms with E-state index in [2.05, 4.69) is 10.2 Å². The number of carbonyl (C=O) groups excluding carboxylic acids is 2. The summed E-state index contributed by atoms with van der Waals surface area (Å²) in [4.78, 5) is 28.9. The molecular weight excluding hydrogens is 314 g/mol. The number of likely N-dealkylation sites (tertiary alicyclic amines) is 2. The lowest BCUT2D eigenvalue weighted by Gasteiger charge is -2.26. The summed E-state index contributed by atoms with van der Waals surface area (Å²) >= 11 is 0. The third-order valence-electron chi connectivity index (χ3n) is 5.26. The van der Waals surface area contributed by atoms with E-state index >= 15 is 0 Å². The third kappa shape index (κ3) is 5.05. The highest BCUT2D eigenvalue weighted by Crippen LogP contribution is 2.20. The van der Waals surface area contributed by atoms with E-state index in [0.29, 0.717) is 19.5 Å². The molecule has 2 amide bonds. The van der Waals surface area contributed by atoms with Crippen LogP contribution in [0.4, 0.5) is 0 Å². The fourth-order valence-corrected chi connectivity index (χ4v) is 3.86. The maximum Gasteiger partial charge on any atom is 0.240 e. The Kier molecular flexibility index (Phi) is 6.45. The second-order valence-corrected chi connectivity index (χ2v) is 7.09. The average Bonchev–Trinajstić information content (AvgIpc) is 2.83. The Bertz CT molecular complexity index is 568. The quantitative estimate of drug-likeness (QED) is 0.857. The Labute approximate surface area is 150 Å². The summed E-state index contributed by atoms with van der Waals surface area (Å²) in [7, 11) is 0. The van der Waals surface area contributed by atoms with Crippen LogP contribution in [0.3, 0.4) is 0 Å². The lowest BCUT2D eigenvalue weighted by Crippen LogP contribution is -2.44. The molecule has 25 heavy (non-hydrogen) atoms. The molecule has 1 aromatic rings. The summed E-state index contributed by atoms with van der Waals surface area (Å²) in [6.07, 6.45) is 6.31. The number of hydrogen-bond donors (Lipinski definition) is 1. The average molecular weight is 343 g/mol. The van der Waals surface area contributed by atoms with Gasteiger partial charge in [-0.2, -0.15) is 0 Å². The Balaban J connectivity index is 1.40. The highest BCUT2D eigenvalue weighted by Gasteiger charge is 2.35. The maximum atomic E-state index is 12.7. The molecule has 1 unspecified atom stereocenters. The molecule has 0 saturated carbocycles. The molecule has 1 aromatic carbocycles. The monoisotopic (exact) mass is 343 g/mol. The van der Waals surface area contributed by atoms with Crippen molar-refractivity contribution < 1.29 is 9.59 Å². The number of benzene rings is 1. The largest absolute Gasteiger partial charge is 0.354 e. The standard InChI is InChI=1S/C20H29N3O2/c24-19(16-17-8-4-3-5-9-17)21-11-15-23-14-10-18(20(23)25)22-12-6-1-2-7-13-22/h3-5,8-9,18H,1-2,6-7,10-16H2,(H,21,24). The Morgan fingerprint density at radius 3 is 2.48 bits per heavy atom. The predicted molar refractivity (Wildman–Crippen MR) is 98.2 cm³/mol. The van der Waals surface area contributed by atoms with Gasteiger partial charge in [-0.1, -0.05) is 43.2 Å². The number of nitrogens with one attached hydrogen (secondary N) is 1. The maximum absolute atomic E-state index is 12.7. The zero-order valence-electron chi connectivity index (χ0n) is 15.0. The summed E-state index contributed by atoms with van der Waals surface area (Å²) in [6.45, 7) is 4.07. The molecule has 0 bridgehead atoms. The molecule has 0 aliphatic carbocycles. The lowest BCUT2D eigenvalue weighted by molar-refractivity contribution is -0.132. The van der Waals surface area contributed by atoms with Crippen molar-refractivity contribution in [1.29, 1.82) is 0 Å². The molecule has 2 fully saturated rings. The van der Waals surface area contributed by atoms with Crippen LogP contribution in [-0.2, 0) is 16.0 Å². The van der Waals surface area contributed by atoms with Gasteiger partial charge in [0.05, 0.1) is 12.5 Å². The van der Waals surface area contributed by atoms with E-state index in [1.165, 1.54) is 25.7 Å². The van der Waals surface area contributed by atoms with Gasteiger partial charge < -0.3 is 10.2 Å². The third-order valence-corrected chi connectivity index (χ3v) is 5.26. The van der Waals surface area contributed by atoms with Crippen molar-refractivity contribution in [2.75, 3.05) is 32.7 Å². The van der Waals surface area contributed by atoms with Crippen LogP contribution in [-0.4, -0.2) is 60.4 Å². The van der Waals surface area contributed by atoms with E-state index < -0.39 is 0 Å². The molecule has 5 heteroatoms. The summed E-state index contributed by atoms with van der Waals surface area (Å²) < 4.78 is 0. The second-order valence-electron chi connectivity index (χ2n) is 7.09. The number of carbonyl (C=O) groups is 2. The van der Waals surface area contributed by atoms with Crippen LogP contribution in [0.25, 0.3) is 0 Å². The number of nitrogens with zero attached hydrogens (tertiary/aromatic N) is 2. The molecule has 1 N–H and O–H groups in total. The molecule has 5 nitrogen and oxygen atoms in total. The van der Waals surface area contributed by atoms with Crippen molar-refractivity contribution in [1.82, 2.24) is 15.1 Å². The van der Waals surface area contributed by atoms with Gasteiger partial charge in [0.15, 0.2) is 0 Å². The summed E-state index contributed by atoms with van der Waals surface area (Å²) in [5.74, 6) is 0.265. The number of amides is 2. The summed E-state index contributed by atoms with van der Waals surface area (Å²) in [6, 6.07) is 9.80. The highest BCUT2D eigenvalue weighted by atomic mass is 16.2. The first-order chi connectivity index (χ1) is 12.2. The van der Waals surface area contributed by atoms with Crippen LogP contribution < -0.4 is 5.32 Å². The molecule has 2 aliphatic heterocycles. The lowest BCUT2D eigenvalue weighted by atomic mass is 10.1. The summed E-state index contributed by atoms with van der Waals surface area (Å²) in [5, 5.41) is 2.94. The van der Waals surface area contributed by atoms with Crippen LogP contribution in [0.1, 0.15) is 37.7 Å². The van der Waals surface area contributed by atoms with Gasteiger partial charge in [-0.3, -0.25) is 14.5 Å². The minimum Gasteiger partial charge on any atom is -0.354 e. The van der Waals surface area contributed by atoms with Crippen LogP contribution in [0.2, 0.25) is 0 Å². The molecule has 0 aromatic heterocycles. The van der Waals surface area contributed by atoms with Crippen molar-refractivity contribution >= 4 is 11.8 Å². The van der Waals surface area contributed by atoms with Gasteiger partial charge in [0, 0.05) is 19.6 Å². The highest BCUT2D eigenvalue weighted by molar-refractivity contribution is 5.84. The Hall–Kier alpha value is -1.88. The smallest absolute Gasteiger partial charge is 0.240 e. The van der Waals surface area contributed by atoms with Gasteiger partial charge in [-0.05, 0) is 37.9 Å². The molecule has 2 saturated heterocycles. The van der Waals surface area contributed by atoms with Crippen molar-refractivity contribution in [3.63, 3.8) is 0 Å². The Morgan fingerprint density at radius 1 is 1.04 bits per heavy atom. The van der Waals surface area contributed by atoms with Gasteiger partial charge in [-0.15, -0.1) is 0 Å². The first kappa shape index (κ1) is 17.9. The molecule has 2 aliphatic rings. The Morgan fingerprint density at radius 2 is 1.76 bits per heavy atom. The normalized spacial score (nSPS) is 22.0. The van der Waals surface area contributed by atoms with Crippen LogP contribution in [0.15, 0.2) is 30.3 Å². The topological polar surface area (TPSA) is 52.7 Å². The molecule has 3 rings (SSSR count). The predicted octanol–water partition coefficient (Wildman–Crippen LogP) is 1.82. The zero-order chi connectivity index (χ0) is 17.5. The second kappa shape index (κ2) is 8.99. The van der Waals surface area contributed by atoms with Gasteiger partial charge in [0.1, 0.15) is 0 Å². The minimum atomic E-state index is 0.0157. The van der Waals surface area contributed by atoms with E-state index in [1.807, 2.05) is 35.2 Å². The zero-order valence-corrected chi connectivity index (χ0v) is 15.0. The summed E-state index contributed by atoms with van der Waals surface area (Å²) in [5.41, 5.74) is 1.01. The first-order valence-corrected chi connectivity index (χ1v) is 9.57. The van der Waals surface area contributed by atoms with E-state index in [4.69, 9.17) is 0 Å². The van der Waals surface area contributed by atoms with E-state index in [-0.39, 0.29) is 17.9 Å². The van der Waals surface area contributed by atoms with Crippen LogP contribution >= 0.6 is 0 Å².